The van der Waals surface area contributed by atoms with Crippen LogP contribution in [-0.2, 0) is 14.8 Å². The first-order valence-electron chi connectivity index (χ1n) is 6.57. The van der Waals surface area contributed by atoms with Crippen LogP contribution in [0.5, 0.6) is 0 Å². The molecule has 0 atom stereocenters. The molecule has 0 fully saturated rings. The van der Waals surface area contributed by atoms with E-state index in [0.717, 1.165) is 8.78 Å². The normalized spacial score (nSPS) is 11.5. The lowest BCUT2D eigenvalue weighted by molar-refractivity contribution is -0.116. The summed E-state index contributed by atoms with van der Waals surface area (Å²) in [6.45, 7) is -0.316. The van der Waals surface area contributed by atoms with Crippen LogP contribution in [0.25, 0.3) is 0 Å². The smallest absolute Gasteiger partial charge is 0.243 e. The number of carbonyl (C=O) groups is 1. The van der Waals surface area contributed by atoms with Crippen LogP contribution in [0.4, 0.5) is 5.69 Å². The molecule has 2 aromatic rings. The Morgan fingerprint density at radius 2 is 1.78 bits per heavy atom. The van der Waals surface area contributed by atoms with Gasteiger partial charge in [0.1, 0.15) is 0 Å². The monoisotopic (exact) mass is 416 g/mol. The van der Waals surface area contributed by atoms with Gasteiger partial charge in [-0.3, -0.25) is 4.79 Å². The lowest BCUT2D eigenvalue weighted by Crippen LogP contribution is -2.35. The number of rotatable bonds is 5. The van der Waals surface area contributed by atoms with E-state index < -0.39 is 15.9 Å². The van der Waals surface area contributed by atoms with Crippen LogP contribution in [0.1, 0.15) is 0 Å². The molecule has 0 aliphatic carbocycles. The van der Waals surface area contributed by atoms with Crippen LogP contribution in [0.2, 0.25) is 5.02 Å². The molecule has 0 unspecified atom stereocenters. The van der Waals surface area contributed by atoms with Crippen molar-refractivity contribution in [3.63, 3.8) is 0 Å². The van der Waals surface area contributed by atoms with Crippen molar-refractivity contribution in [2.24, 2.45) is 0 Å². The molecule has 0 bridgehead atoms. The van der Waals surface area contributed by atoms with Crippen LogP contribution in [0, 0.1) is 0 Å². The van der Waals surface area contributed by atoms with Gasteiger partial charge in [-0.15, -0.1) is 0 Å². The van der Waals surface area contributed by atoms with Crippen molar-refractivity contribution in [1.29, 1.82) is 0 Å². The summed E-state index contributed by atoms with van der Waals surface area (Å²) in [5.41, 5.74) is 0.439. The van der Waals surface area contributed by atoms with Crippen LogP contribution in [0.3, 0.4) is 0 Å². The summed E-state index contributed by atoms with van der Waals surface area (Å²) in [6, 6.07) is 13.0. The van der Waals surface area contributed by atoms with Gasteiger partial charge in [0, 0.05) is 11.5 Å². The number of para-hydroxylation sites is 1. The Kier molecular flexibility index (Phi) is 5.80. The number of anilines is 1. The van der Waals surface area contributed by atoms with Crippen molar-refractivity contribution in [3.8, 4) is 0 Å². The fraction of sp³-hybridized carbons (Fsp3) is 0.133. The van der Waals surface area contributed by atoms with E-state index in [1.807, 2.05) is 0 Å². The Bertz CT molecular complexity index is 810. The largest absolute Gasteiger partial charge is 0.324 e. The van der Waals surface area contributed by atoms with Gasteiger partial charge in [0.25, 0.3) is 0 Å². The fourth-order valence-electron chi connectivity index (χ4n) is 1.83. The summed E-state index contributed by atoms with van der Waals surface area (Å²) >= 11 is 9.20. The third kappa shape index (κ3) is 4.54. The zero-order chi connectivity index (χ0) is 17.0. The Labute approximate surface area is 148 Å². The van der Waals surface area contributed by atoms with Gasteiger partial charge in [0.15, 0.2) is 0 Å². The summed E-state index contributed by atoms with van der Waals surface area (Å²) < 4.78 is 26.6. The quantitative estimate of drug-likeness (QED) is 0.811. The topological polar surface area (TPSA) is 66.5 Å². The van der Waals surface area contributed by atoms with Gasteiger partial charge in [-0.25, -0.2) is 8.42 Å². The minimum atomic E-state index is -3.73. The number of hydrogen-bond donors (Lipinski definition) is 1. The SMILES string of the molecule is CN(CC(=O)Nc1ccccc1Cl)S(=O)(=O)c1ccc(Br)cc1. The van der Waals surface area contributed by atoms with Crippen molar-refractivity contribution in [2.45, 2.75) is 4.90 Å². The minimum absolute atomic E-state index is 0.119. The first-order valence-corrected chi connectivity index (χ1v) is 9.18. The molecule has 0 aromatic heterocycles. The zero-order valence-electron chi connectivity index (χ0n) is 12.2. The van der Waals surface area contributed by atoms with Gasteiger partial charge >= 0.3 is 0 Å². The molecule has 8 heteroatoms. The summed E-state index contributed by atoms with van der Waals surface area (Å²) in [5.74, 6) is -0.471. The molecule has 23 heavy (non-hydrogen) atoms. The molecule has 0 aliphatic heterocycles. The molecule has 122 valence electrons. The highest BCUT2D eigenvalue weighted by Gasteiger charge is 2.23. The molecule has 0 spiro atoms. The van der Waals surface area contributed by atoms with E-state index >= 15 is 0 Å². The zero-order valence-corrected chi connectivity index (χ0v) is 15.3. The van der Waals surface area contributed by atoms with Crippen molar-refractivity contribution >= 4 is 49.1 Å². The van der Waals surface area contributed by atoms with Gasteiger partial charge in [0.05, 0.1) is 22.2 Å². The van der Waals surface area contributed by atoms with Crippen molar-refractivity contribution in [2.75, 3.05) is 18.9 Å². The number of nitrogens with zero attached hydrogens (tertiary/aromatic N) is 1. The Morgan fingerprint density at radius 3 is 2.39 bits per heavy atom. The van der Waals surface area contributed by atoms with Crippen molar-refractivity contribution in [3.05, 3.63) is 58.0 Å². The molecule has 0 radical (unpaired) electrons. The summed E-state index contributed by atoms with van der Waals surface area (Å²) in [7, 11) is -2.38. The van der Waals surface area contributed by atoms with E-state index in [1.54, 1.807) is 36.4 Å². The molecule has 0 heterocycles. The average molecular weight is 418 g/mol. The maximum absolute atomic E-state index is 12.4. The second-order valence-corrected chi connectivity index (χ2v) is 8.11. The molecule has 1 N–H and O–H groups in total. The van der Waals surface area contributed by atoms with E-state index in [2.05, 4.69) is 21.2 Å². The van der Waals surface area contributed by atoms with E-state index in [-0.39, 0.29) is 11.4 Å². The maximum atomic E-state index is 12.4. The molecular formula is C15H14BrClN2O3S. The molecule has 1 amide bonds. The highest BCUT2D eigenvalue weighted by atomic mass is 79.9. The van der Waals surface area contributed by atoms with Crippen LogP contribution in [0.15, 0.2) is 57.9 Å². The Hall–Kier alpha value is -1.41. The standard InChI is InChI=1S/C15H14BrClN2O3S/c1-19(23(21,22)12-8-6-11(16)7-9-12)10-15(20)18-14-5-3-2-4-13(14)17/h2-9H,10H2,1H3,(H,18,20). The molecule has 0 saturated carbocycles. The predicted molar refractivity (Wildman–Crippen MR) is 94.0 cm³/mol. The summed E-state index contributed by atoms with van der Waals surface area (Å²) in [5, 5.41) is 2.98. The number of sulfonamides is 1. The first-order chi connectivity index (χ1) is 10.8. The number of halogens is 2. The third-order valence-corrected chi connectivity index (χ3v) is 5.71. The number of hydrogen-bond acceptors (Lipinski definition) is 3. The second kappa shape index (κ2) is 7.44. The third-order valence-electron chi connectivity index (χ3n) is 3.04. The highest BCUT2D eigenvalue weighted by Crippen LogP contribution is 2.21. The molecule has 2 rings (SSSR count). The fourth-order valence-corrected chi connectivity index (χ4v) is 3.40. The molecular weight excluding hydrogens is 404 g/mol. The lowest BCUT2D eigenvalue weighted by atomic mass is 10.3. The number of benzene rings is 2. The van der Waals surface area contributed by atoms with E-state index in [1.165, 1.54) is 19.2 Å². The van der Waals surface area contributed by atoms with E-state index in [0.29, 0.717) is 10.7 Å². The van der Waals surface area contributed by atoms with Gasteiger partial charge in [-0.2, -0.15) is 4.31 Å². The second-order valence-electron chi connectivity index (χ2n) is 4.74. The number of likely N-dealkylation sites (N-methyl/N-ethyl adjacent to an activating group) is 1. The number of amides is 1. The maximum Gasteiger partial charge on any atom is 0.243 e. The van der Waals surface area contributed by atoms with Gasteiger partial charge < -0.3 is 5.32 Å². The van der Waals surface area contributed by atoms with Gasteiger partial charge in [-0.05, 0) is 36.4 Å². The number of carbonyl (C=O) groups excluding carboxylic acids is 1. The van der Waals surface area contributed by atoms with E-state index in [9.17, 15) is 13.2 Å². The van der Waals surface area contributed by atoms with Crippen LogP contribution < -0.4 is 5.32 Å². The average Bonchev–Trinajstić information content (AvgIpc) is 2.50. The Balaban J connectivity index is 2.08. The summed E-state index contributed by atoms with van der Waals surface area (Å²) in [4.78, 5) is 12.1. The summed E-state index contributed by atoms with van der Waals surface area (Å²) in [6.07, 6.45) is 0. The van der Waals surface area contributed by atoms with Crippen LogP contribution >= 0.6 is 27.5 Å². The predicted octanol–water partition coefficient (Wildman–Crippen LogP) is 3.36. The first kappa shape index (κ1) is 17.9. The molecule has 2 aromatic carbocycles. The van der Waals surface area contributed by atoms with Gasteiger partial charge in [-0.1, -0.05) is 39.7 Å². The van der Waals surface area contributed by atoms with Crippen molar-refractivity contribution in [1.82, 2.24) is 4.31 Å². The number of nitrogens with one attached hydrogen (secondary N) is 1. The minimum Gasteiger partial charge on any atom is -0.324 e. The Morgan fingerprint density at radius 1 is 1.17 bits per heavy atom. The molecule has 5 nitrogen and oxygen atoms in total. The van der Waals surface area contributed by atoms with Crippen LogP contribution in [-0.4, -0.2) is 32.2 Å². The van der Waals surface area contributed by atoms with E-state index in [4.69, 9.17) is 11.6 Å². The molecule has 0 saturated heterocycles. The van der Waals surface area contributed by atoms with Gasteiger partial charge in [0.2, 0.25) is 15.9 Å². The lowest BCUT2D eigenvalue weighted by Gasteiger charge is -2.17. The highest BCUT2D eigenvalue weighted by molar-refractivity contribution is 9.10. The van der Waals surface area contributed by atoms with Crippen molar-refractivity contribution < 1.29 is 13.2 Å². The molecule has 0 aliphatic rings.